The van der Waals surface area contributed by atoms with E-state index < -0.39 is 0 Å². The molecule has 2 rings (SSSR count). The normalized spacial score (nSPS) is 19.9. The van der Waals surface area contributed by atoms with Gasteiger partial charge in [-0.25, -0.2) is 0 Å². The highest BCUT2D eigenvalue weighted by molar-refractivity contribution is 5.64. The van der Waals surface area contributed by atoms with E-state index in [1.54, 1.807) is 0 Å². The first-order valence-electron chi connectivity index (χ1n) is 5.26. The number of rotatable bonds is 2. The average Bonchev–Trinajstić information content (AvgIpc) is 2.61. The summed E-state index contributed by atoms with van der Waals surface area (Å²) in [5.41, 5.74) is 4.30. The molecular formula is C14H16. The maximum absolute atomic E-state index is 2.32. The van der Waals surface area contributed by atoms with Gasteiger partial charge in [-0.05, 0) is 24.5 Å². The first-order valence-corrected chi connectivity index (χ1v) is 5.26. The van der Waals surface area contributed by atoms with Gasteiger partial charge in [-0.2, -0.15) is 0 Å². The zero-order valence-electron chi connectivity index (χ0n) is 8.83. The zero-order chi connectivity index (χ0) is 9.97. The van der Waals surface area contributed by atoms with Gasteiger partial charge < -0.3 is 0 Å². The van der Waals surface area contributed by atoms with Gasteiger partial charge in [-0.15, -0.1) is 0 Å². The minimum Gasteiger partial charge on any atom is -0.0850 e. The third-order valence-corrected chi connectivity index (χ3v) is 2.82. The van der Waals surface area contributed by atoms with E-state index in [9.17, 15) is 0 Å². The number of hydrogen-bond acceptors (Lipinski definition) is 0. The quantitative estimate of drug-likeness (QED) is 0.605. The van der Waals surface area contributed by atoms with Crippen LogP contribution in [0.3, 0.4) is 0 Å². The van der Waals surface area contributed by atoms with Gasteiger partial charge in [-0.3, -0.25) is 0 Å². The molecule has 0 nitrogen and oxygen atoms in total. The van der Waals surface area contributed by atoms with Crippen molar-refractivity contribution in [3.63, 3.8) is 0 Å². The molecule has 0 N–H and O–H groups in total. The van der Waals surface area contributed by atoms with Crippen LogP contribution in [0, 0.1) is 0 Å². The summed E-state index contributed by atoms with van der Waals surface area (Å²) in [6.07, 6.45) is 7.97. The molecule has 1 aliphatic carbocycles. The number of allylic oxidation sites excluding steroid dienone is 3. The first kappa shape index (κ1) is 9.26. The van der Waals surface area contributed by atoms with E-state index in [4.69, 9.17) is 0 Å². The van der Waals surface area contributed by atoms with Gasteiger partial charge in [-0.1, -0.05) is 55.0 Å². The summed E-state index contributed by atoms with van der Waals surface area (Å²) >= 11 is 0. The molecule has 1 aliphatic rings. The second-order valence-electron chi connectivity index (χ2n) is 3.82. The van der Waals surface area contributed by atoms with Crippen molar-refractivity contribution in [3.05, 3.63) is 53.1 Å². The Labute approximate surface area is 86.0 Å². The van der Waals surface area contributed by atoms with E-state index >= 15 is 0 Å². The molecule has 0 saturated heterocycles. The Morgan fingerprint density at radius 1 is 1.36 bits per heavy atom. The Morgan fingerprint density at radius 2 is 2.14 bits per heavy atom. The highest BCUT2D eigenvalue weighted by Crippen LogP contribution is 2.34. The van der Waals surface area contributed by atoms with E-state index in [1.807, 2.05) is 0 Å². The summed E-state index contributed by atoms with van der Waals surface area (Å²) in [5.74, 6) is 0.520. The molecule has 1 aromatic rings. The number of hydrogen-bond donors (Lipinski definition) is 0. The molecule has 0 bridgehead atoms. The second kappa shape index (κ2) is 3.83. The monoisotopic (exact) mass is 184 g/mol. The van der Waals surface area contributed by atoms with Crippen molar-refractivity contribution < 1.29 is 0 Å². The van der Waals surface area contributed by atoms with Crippen LogP contribution >= 0.6 is 0 Å². The van der Waals surface area contributed by atoms with Crippen LogP contribution in [0.4, 0.5) is 0 Å². The molecule has 0 unspecified atom stereocenters. The van der Waals surface area contributed by atoms with Crippen LogP contribution in [0.5, 0.6) is 0 Å². The van der Waals surface area contributed by atoms with E-state index in [1.165, 1.54) is 16.7 Å². The fourth-order valence-electron chi connectivity index (χ4n) is 2.10. The topological polar surface area (TPSA) is 0 Å². The third-order valence-electron chi connectivity index (χ3n) is 2.82. The van der Waals surface area contributed by atoms with E-state index in [2.05, 4.69) is 56.3 Å². The molecule has 0 heterocycles. The molecule has 72 valence electrons. The Kier molecular flexibility index (Phi) is 2.53. The lowest BCUT2D eigenvalue weighted by Crippen LogP contribution is -1.94. The van der Waals surface area contributed by atoms with Crippen LogP contribution in [0.2, 0.25) is 0 Å². The summed E-state index contributed by atoms with van der Waals surface area (Å²) in [6.45, 7) is 4.41. The maximum Gasteiger partial charge on any atom is 0.0234 e. The number of benzene rings is 1. The highest BCUT2D eigenvalue weighted by Gasteiger charge is 2.17. The van der Waals surface area contributed by atoms with Gasteiger partial charge in [0, 0.05) is 5.92 Å². The van der Waals surface area contributed by atoms with Crippen LogP contribution < -0.4 is 0 Å². The molecule has 14 heavy (non-hydrogen) atoms. The first-order chi connectivity index (χ1) is 6.83. The van der Waals surface area contributed by atoms with E-state index in [0.29, 0.717) is 5.92 Å². The summed E-state index contributed by atoms with van der Waals surface area (Å²) in [6, 6.07) is 8.64. The van der Waals surface area contributed by atoms with Crippen LogP contribution in [0.15, 0.2) is 42.0 Å². The van der Waals surface area contributed by atoms with Crippen molar-refractivity contribution in [2.75, 3.05) is 0 Å². The number of fused-ring (bicyclic) bond motifs is 1. The summed E-state index contributed by atoms with van der Waals surface area (Å²) in [7, 11) is 0. The lowest BCUT2D eigenvalue weighted by molar-refractivity contribution is 0.987. The van der Waals surface area contributed by atoms with Crippen LogP contribution in [-0.4, -0.2) is 0 Å². The largest absolute Gasteiger partial charge is 0.0850 e. The highest BCUT2D eigenvalue weighted by atomic mass is 14.2. The lowest BCUT2D eigenvalue weighted by Gasteiger charge is -2.11. The Bertz CT molecular complexity index is 383. The summed E-state index contributed by atoms with van der Waals surface area (Å²) in [5, 5.41) is 0. The Morgan fingerprint density at radius 3 is 2.93 bits per heavy atom. The molecule has 0 heteroatoms. The van der Waals surface area contributed by atoms with Crippen molar-refractivity contribution in [1.82, 2.24) is 0 Å². The summed E-state index contributed by atoms with van der Waals surface area (Å²) < 4.78 is 0. The van der Waals surface area contributed by atoms with Gasteiger partial charge in [0.2, 0.25) is 0 Å². The molecule has 0 saturated carbocycles. The third kappa shape index (κ3) is 1.52. The van der Waals surface area contributed by atoms with Gasteiger partial charge >= 0.3 is 0 Å². The van der Waals surface area contributed by atoms with Gasteiger partial charge in [0.1, 0.15) is 0 Å². The molecular weight excluding hydrogens is 168 g/mol. The van der Waals surface area contributed by atoms with Gasteiger partial charge in [0.25, 0.3) is 0 Å². The van der Waals surface area contributed by atoms with Crippen molar-refractivity contribution in [2.45, 2.75) is 26.2 Å². The van der Waals surface area contributed by atoms with Gasteiger partial charge in [0.05, 0.1) is 0 Å². The fraction of sp³-hybridized carbons (Fsp3) is 0.286. The molecule has 1 aromatic carbocycles. The van der Waals surface area contributed by atoms with E-state index in [-0.39, 0.29) is 0 Å². The lowest BCUT2D eigenvalue weighted by atomic mass is 9.93. The Hall–Kier alpha value is -1.30. The molecule has 0 fully saturated rings. The van der Waals surface area contributed by atoms with E-state index in [0.717, 1.165) is 6.42 Å². The molecule has 0 amide bonds. The van der Waals surface area contributed by atoms with Gasteiger partial charge in [0.15, 0.2) is 0 Å². The second-order valence-corrected chi connectivity index (χ2v) is 3.82. The molecule has 0 radical (unpaired) electrons. The minimum absolute atomic E-state index is 0.520. The van der Waals surface area contributed by atoms with Crippen molar-refractivity contribution >= 4 is 6.08 Å². The zero-order valence-corrected chi connectivity index (χ0v) is 8.83. The maximum atomic E-state index is 2.32. The van der Waals surface area contributed by atoms with Crippen LogP contribution in [-0.2, 0) is 0 Å². The molecule has 0 aliphatic heterocycles. The Balaban J connectivity index is 2.35. The standard InChI is InChI=1S/C14H16/c1-3-6-11(2)13-10-9-12-7-4-5-8-14(12)13/h4-10,13H,3H2,1-2H3/b11-6+/t13-/m1/s1. The molecule has 0 aromatic heterocycles. The summed E-state index contributed by atoms with van der Waals surface area (Å²) in [4.78, 5) is 0. The van der Waals surface area contributed by atoms with Crippen LogP contribution in [0.1, 0.15) is 37.3 Å². The fourth-order valence-corrected chi connectivity index (χ4v) is 2.10. The van der Waals surface area contributed by atoms with Crippen molar-refractivity contribution in [2.24, 2.45) is 0 Å². The van der Waals surface area contributed by atoms with Crippen molar-refractivity contribution in [3.8, 4) is 0 Å². The minimum atomic E-state index is 0.520. The van der Waals surface area contributed by atoms with Crippen molar-refractivity contribution in [1.29, 1.82) is 0 Å². The smallest absolute Gasteiger partial charge is 0.0234 e. The van der Waals surface area contributed by atoms with Crippen LogP contribution in [0.25, 0.3) is 6.08 Å². The SMILES string of the molecule is CC/C=C(\C)[C@H]1C=Cc2ccccc21. The molecule has 1 atom stereocenters. The predicted molar refractivity (Wildman–Crippen MR) is 62.3 cm³/mol. The average molecular weight is 184 g/mol. The molecule has 0 spiro atoms. The predicted octanol–water partition coefficient (Wildman–Crippen LogP) is 4.15.